The molecule has 0 aliphatic heterocycles. The average Bonchev–Trinajstić information content (AvgIpc) is 2.77. The van der Waals surface area contributed by atoms with Crippen LogP contribution in [0, 0.1) is 0 Å². The van der Waals surface area contributed by atoms with Crippen molar-refractivity contribution in [3.63, 3.8) is 0 Å². The predicted octanol–water partition coefficient (Wildman–Crippen LogP) is 9.72. The first-order valence-electron chi connectivity index (χ1n) is 12.2. The molecule has 2 rings (SSSR count). The highest BCUT2D eigenvalue weighted by Crippen LogP contribution is 2.13. The zero-order chi connectivity index (χ0) is 20.8. The van der Waals surface area contributed by atoms with E-state index in [0.717, 1.165) is 5.88 Å². The molecule has 164 valence electrons. The van der Waals surface area contributed by atoms with Crippen LogP contribution in [-0.2, 0) is 0 Å². The van der Waals surface area contributed by atoms with Crippen molar-refractivity contribution in [2.45, 2.75) is 110 Å². The first-order valence-corrected chi connectivity index (χ1v) is 12.8. The van der Waals surface area contributed by atoms with Crippen LogP contribution in [0.5, 0.6) is 0 Å². The maximum Gasteiger partial charge on any atom is 0.0346 e. The topological polar surface area (TPSA) is 12.9 Å². The van der Waals surface area contributed by atoms with Gasteiger partial charge in [0.1, 0.15) is 0 Å². The van der Waals surface area contributed by atoms with Crippen molar-refractivity contribution in [1.82, 2.24) is 4.98 Å². The number of pyridine rings is 1. The van der Waals surface area contributed by atoms with Crippen molar-refractivity contribution < 1.29 is 0 Å². The smallest absolute Gasteiger partial charge is 0.0346 e. The summed E-state index contributed by atoms with van der Waals surface area (Å²) in [5, 5.41) is 2.45. The number of halogens is 1. The van der Waals surface area contributed by atoms with Gasteiger partial charge < -0.3 is 0 Å². The fourth-order valence-electron chi connectivity index (χ4n) is 3.67. The molecule has 0 atom stereocenters. The summed E-state index contributed by atoms with van der Waals surface area (Å²) in [6, 6.07) is 10.2. The Morgan fingerprint density at radius 3 is 1.48 bits per heavy atom. The van der Waals surface area contributed by atoms with Crippen molar-refractivity contribution in [3.8, 4) is 0 Å². The molecular formula is C27H44ClN. The highest BCUT2D eigenvalue weighted by molar-refractivity contribution is 6.17. The number of nitrogens with zero attached hydrogens (tertiary/aromatic N) is 1. The molecule has 0 saturated carbocycles. The lowest BCUT2D eigenvalue weighted by atomic mass is 10.0. The standard InChI is InChI=1S/C18H37Cl.C9H7N/c1-2-3-4-5-6-7-8-9-10-11-12-13-14-15-16-17-18-19;1-2-4-9-7-10-6-5-8(9)3-1/h2-18H2,1H3;1-7H. The third-order valence-electron chi connectivity index (χ3n) is 5.54. The van der Waals surface area contributed by atoms with Crippen molar-refractivity contribution in [2.24, 2.45) is 0 Å². The van der Waals surface area contributed by atoms with Crippen LogP contribution in [0.2, 0.25) is 0 Å². The van der Waals surface area contributed by atoms with E-state index in [1.54, 1.807) is 0 Å². The number of benzene rings is 1. The molecule has 0 fully saturated rings. The Morgan fingerprint density at radius 1 is 0.586 bits per heavy atom. The Labute approximate surface area is 185 Å². The van der Waals surface area contributed by atoms with Gasteiger partial charge in [-0.05, 0) is 23.3 Å². The molecule has 1 aromatic heterocycles. The van der Waals surface area contributed by atoms with Crippen molar-refractivity contribution in [3.05, 3.63) is 42.7 Å². The molecular weight excluding hydrogens is 374 g/mol. The molecule has 0 aliphatic rings. The van der Waals surface area contributed by atoms with Crippen LogP contribution in [0.4, 0.5) is 0 Å². The summed E-state index contributed by atoms with van der Waals surface area (Å²) < 4.78 is 0. The maximum atomic E-state index is 5.66. The maximum absolute atomic E-state index is 5.66. The van der Waals surface area contributed by atoms with Crippen LogP contribution >= 0.6 is 11.6 Å². The second kappa shape index (κ2) is 20.2. The van der Waals surface area contributed by atoms with Gasteiger partial charge in [-0.15, -0.1) is 11.6 Å². The molecule has 0 unspecified atom stereocenters. The minimum absolute atomic E-state index is 0.846. The molecule has 1 nitrogen and oxygen atoms in total. The van der Waals surface area contributed by atoms with Crippen LogP contribution in [0.3, 0.4) is 0 Å². The lowest BCUT2D eigenvalue weighted by Gasteiger charge is -2.03. The molecule has 0 amide bonds. The number of hydrogen-bond donors (Lipinski definition) is 0. The van der Waals surface area contributed by atoms with Crippen LogP contribution < -0.4 is 0 Å². The van der Waals surface area contributed by atoms with Crippen molar-refractivity contribution >= 4 is 22.4 Å². The summed E-state index contributed by atoms with van der Waals surface area (Å²) in [5.74, 6) is 0.846. The molecule has 1 heterocycles. The average molecular weight is 418 g/mol. The van der Waals surface area contributed by atoms with Gasteiger partial charge in [-0.2, -0.15) is 0 Å². The minimum atomic E-state index is 0.846. The van der Waals surface area contributed by atoms with E-state index in [-0.39, 0.29) is 0 Å². The predicted molar refractivity (Wildman–Crippen MR) is 132 cm³/mol. The zero-order valence-electron chi connectivity index (χ0n) is 18.9. The molecule has 2 heteroatoms. The summed E-state index contributed by atoms with van der Waals surface area (Å²) in [7, 11) is 0. The molecule has 1 aromatic carbocycles. The van der Waals surface area contributed by atoms with Crippen molar-refractivity contribution in [2.75, 3.05) is 5.88 Å². The van der Waals surface area contributed by atoms with Gasteiger partial charge in [0.25, 0.3) is 0 Å². The Morgan fingerprint density at radius 2 is 1.03 bits per heavy atom. The molecule has 0 saturated heterocycles. The van der Waals surface area contributed by atoms with Gasteiger partial charge in [0.15, 0.2) is 0 Å². The fourth-order valence-corrected chi connectivity index (χ4v) is 3.86. The zero-order valence-corrected chi connectivity index (χ0v) is 19.6. The van der Waals surface area contributed by atoms with Gasteiger partial charge in [0.05, 0.1) is 0 Å². The van der Waals surface area contributed by atoms with E-state index in [4.69, 9.17) is 11.6 Å². The second-order valence-electron chi connectivity index (χ2n) is 8.22. The lowest BCUT2D eigenvalue weighted by molar-refractivity contribution is 0.531. The van der Waals surface area contributed by atoms with E-state index in [1.807, 2.05) is 30.6 Å². The number of alkyl halides is 1. The SMILES string of the molecule is CCCCCCCCCCCCCCCCCCCl.c1ccc2cnccc2c1. The van der Waals surface area contributed by atoms with Gasteiger partial charge in [-0.3, -0.25) is 4.98 Å². The van der Waals surface area contributed by atoms with Crippen molar-refractivity contribution in [1.29, 1.82) is 0 Å². The summed E-state index contributed by atoms with van der Waals surface area (Å²) in [6.45, 7) is 2.29. The minimum Gasteiger partial charge on any atom is -0.264 e. The Kier molecular flexibility index (Phi) is 18.1. The van der Waals surface area contributed by atoms with Crippen LogP contribution in [0.15, 0.2) is 42.7 Å². The largest absolute Gasteiger partial charge is 0.264 e. The van der Waals surface area contributed by atoms with Crippen LogP contribution in [0.1, 0.15) is 110 Å². The molecule has 29 heavy (non-hydrogen) atoms. The fraction of sp³-hybridized carbons (Fsp3) is 0.667. The summed E-state index contributed by atoms with van der Waals surface area (Å²) >= 11 is 5.66. The Balaban J connectivity index is 0.000000345. The third kappa shape index (κ3) is 15.4. The van der Waals surface area contributed by atoms with E-state index < -0.39 is 0 Å². The lowest BCUT2D eigenvalue weighted by Crippen LogP contribution is -1.83. The van der Waals surface area contributed by atoms with E-state index in [2.05, 4.69) is 24.0 Å². The molecule has 0 N–H and O–H groups in total. The first kappa shape index (κ1) is 26.0. The normalized spacial score (nSPS) is 10.7. The number of hydrogen-bond acceptors (Lipinski definition) is 1. The van der Waals surface area contributed by atoms with Gasteiger partial charge in [0.2, 0.25) is 0 Å². The summed E-state index contributed by atoms with van der Waals surface area (Å²) in [6.07, 6.45) is 26.5. The van der Waals surface area contributed by atoms with Crippen LogP contribution in [-0.4, -0.2) is 10.9 Å². The molecule has 0 radical (unpaired) electrons. The Hall–Kier alpha value is -1.08. The summed E-state index contributed by atoms with van der Waals surface area (Å²) in [4.78, 5) is 4.01. The van der Waals surface area contributed by atoms with Gasteiger partial charge in [-0.25, -0.2) is 0 Å². The van der Waals surface area contributed by atoms with Gasteiger partial charge in [0, 0.05) is 18.3 Å². The van der Waals surface area contributed by atoms with E-state index in [9.17, 15) is 0 Å². The molecule has 0 spiro atoms. The second-order valence-corrected chi connectivity index (χ2v) is 8.59. The number of unbranched alkanes of at least 4 members (excludes halogenated alkanes) is 15. The van der Waals surface area contributed by atoms with E-state index in [0.29, 0.717) is 0 Å². The molecule has 2 aromatic rings. The number of rotatable bonds is 16. The van der Waals surface area contributed by atoms with E-state index in [1.165, 1.54) is 114 Å². The third-order valence-corrected chi connectivity index (χ3v) is 5.80. The Bertz CT molecular complexity index is 502. The van der Waals surface area contributed by atoms with Gasteiger partial charge >= 0.3 is 0 Å². The highest BCUT2D eigenvalue weighted by atomic mass is 35.5. The first-order chi connectivity index (χ1) is 14.4. The van der Waals surface area contributed by atoms with Gasteiger partial charge in [-0.1, -0.05) is 128 Å². The highest BCUT2D eigenvalue weighted by Gasteiger charge is 1.94. The number of aromatic nitrogens is 1. The van der Waals surface area contributed by atoms with E-state index >= 15 is 0 Å². The quantitative estimate of drug-likeness (QED) is 0.195. The van der Waals surface area contributed by atoms with Crippen LogP contribution in [0.25, 0.3) is 10.8 Å². The monoisotopic (exact) mass is 417 g/mol. The molecule has 0 aliphatic carbocycles. The summed E-state index contributed by atoms with van der Waals surface area (Å²) in [5.41, 5.74) is 0. The number of fused-ring (bicyclic) bond motifs is 1. The molecule has 0 bridgehead atoms.